The number of benzene rings is 1. The van der Waals surface area contributed by atoms with Crippen molar-refractivity contribution >= 4 is 17.5 Å². The van der Waals surface area contributed by atoms with Crippen LogP contribution in [0.2, 0.25) is 5.02 Å². The summed E-state index contributed by atoms with van der Waals surface area (Å²) in [4.78, 5) is 11.5. The van der Waals surface area contributed by atoms with Crippen molar-refractivity contribution in [2.45, 2.75) is 32.7 Å². The Morgan fingerprint density at radius 1 is 1.44 bits per heavy atom. The summed E-state index contributed by atoms with van der Waals surface area (Å²) in [6.07, 6.45) is 2.11. The van der Waals surface area contributed by atoms with Crippen molar-refractivity contribution in [3.63, 3.8) is 0 Å². The maximum Gasteiger partial charge on any atom is 0.233 e. The molecule has 1 rings (SSSR count). The van der Waals surface area contributed by atoms with Crippen LogP contribution >= 0.6 is 11.6 Å². The van der Waals surface area contributed by atoms with Crippen LogP contribution < -0.4 is 10.6 Å². The number of carbonyl (C=O) groups excluding carboxylic acids is 1. The van der Waals surface area contributed by atoms with Crippen LogP contribution in [-0.2, 0) is 4.79 Å². The molecular weight excluding hydrogens is 248 g/mol. The molecular formula is C14H21ClN2O. The molecule has 0 heterocycles. The van der Waals surface area contributed by atoms with E-state index in [0.29, 0.717) is 11.6 Å². The molecule has 2 N–H and O–H groups in total. The third-order valence-electron chi connectivity index (χ3n) is 2.77. The molecule has 0 saturated carbocycles. The molecule has 0 aliphatic heterocycles. The maximum absolute atomic E-state index is 11.5. The zero-order valence-corrected chi connectivity index (χ0v) is 11.8. The van der Waals surface area contributed by atoms with E-state index < -0.39 is 0 Å². The highest BCUT2D eigenvalue weighted by atomic mass is 35.5. The largest absolute Gasteiger partial charge is 0.355 e. The van der Waals surface area contributed by atoms with Gasteiger partial charge in [-0.25, -0.2) is 0 Å². The van der Waals surface area contributed by atoms with E-state index in [-0.39, 0.29) is 11.9 Å². The lowest BCUT2D eigenvalue weighted by Crippen LogP contribution is -2.35. The highest BCUT2D eigenvalue weighted by Crippen LogP contribution is 2.16. The van der Waals surface area contributed by atoms with Gasteiger partial charge in [-0.05, 0) is 31.0 Å². The summed E-state index contributed by atoms with van der Waals surface area (Å²) in [5.74, 6) is 0.0392. The first kappa shape index (κ1) is 15.0. The van der Waals surface area contributed by atoms with Gasteiger partial charge in [0.25, 0.3) is 0 Å². The van der Waals surface area contributed by atoms with E-state index in [1.807, 2.05) is 31.2 Å². The zero-order chi connectivity index (χ0) is 13.4. The summed E-state index contributed by atoms with van der Waals surface area (Å²) in [5, 5.41) is 6.77. The number of halogens is 1. The minimum atomic E-state index is 0.0392. The van der Waals surface area contributed by atoms with Crippen LogP contribution in [-0.4, -0.2) is 19.0 Å². The van der Waals surface area contributed by atoms with Crippen molar-refractivity contribution < 1.29 is 4.79 Å². The van der Waals surface area contributed by atoms with Crippen LogP contribution in [0.1, 0.15) is 38.3 Å². The summed E-state index contributed by atoms with van der Waals surface area (Å²) >= 11 is 5.93. The molecule has 100 valence electrons. The van der Waals surface area contributed by atoms with Gasteiger partial charge in [-0.1, -0.05) is 37.1 Å². The van der Waals surface area contributed by atoms with Gasteiger partial charge in [-0.3, -0.25) is 4.79 Å². The van der Waals surface area contributed by atoms with Crippen LogP contribution in [0.15, 0.2) is 24.3 Å². The Kier molecular flexibility index (Phi) is 6.76. The number of amides is 1. The molecule has 1 amide bonds. The van der Waals surface area contributed by atoms with Gasteiger partial charge in [0, 0.05) is 17.6 Å². The summed E-state index contributed by atoms with van der Waals surface area (Å²) < 4.78 is 0. The second kappa shape index (κ2) is 8.11. The predicted molar refractivity (Wildman–Crippen MR) is 75.8 cm³/mol. The van der Waals surface area contributed by atoms with Gasteiger partial charge in [0.15, 0.2) is 0 Å². The number of unbranched alkanes of at least 4 members (excludes halogenated alkanes) is 1. The molecule has 0 radical (unpaired) electrons. The van der Waals surface area contributed by atoms with E-state index in [2.05, 4.69) is 17.6 Å². The average molecular weight is 269 g/mol. The summed E-state index contributed by atoms with van der Waals surface area (Å²) in [5.41, 5.74) is 1.09. The molecule has 0 saturated heterocycles. The second-order valence-corrected chi connectivity index (χ2v) is 4.80. The molecule has 1 aromatic rings. The van der Waals surface area contributed by atoms with Crippen molar-refractivity contribution in [2.24, 2.45) is 0 Å². The molecule has 0 aromatic heterocycles. The van der Waals surface area contributed by atoms with Crippen molar-refractivity contribution in [2.75, 3.05) is 13.1 Å². The van der Waals surface area contributed by atoms with Crippen molar-refractivity contribution in [3.05, 3.63) is 34.9 Å². The molecule has 0 unspecified atom stereocenters. The van der Waals surface area contributed by atoms with Crippen molar-refractivity contribution in [3.8, 4) is 0 Å². The Balaban J connectivity index is 2.32. The van der Waals surface area contributed by atoms with E-state index in [9.17, 15) is 4.79 Å². The second-order valence-electron chi connectivity index (χ2n) is 4.36. The van der Waals surface area contributed by atoms with Gasteiger partial charge in [0.05, 0.1) is 6.54 Å². The average Bonchev–Trinajstić information content (AvgIpc) is 2.36. The Bertz CT molecular complexity index is 382. The molecule has 4 heteroatoms. The highest BCUT2D eigenvalue weighted by molar-refractivity contribution is 6.30. The van der Waals surface area contributed by atoms with Gasteiger partial charge in [-0.15, -0.1) is 0 Å². The molecule has 0 spiro atoms. The van der Waals surface area contributed by atoms with Crippen molar-refractivity contribution in [1.82, 2.24) is 10.6 Å². The molecule has 0 fully saturated rings. The Morgan fingerprint density at radius 2 is 2.22 bits per heavy atom. The minimum Gasteiger partial charge on any atom is -0.355 e. The minimum absolute atomic E-state index is 0.0392. The number of rotatable bonds is 7. The quantitative estimate of drug-likeness (QED) is 0.747. The van der Waals surface area contributed by atoms with Gasteiger partial charge >= 0.3 is 0 Å². The molecule has 0 aliphatic carbocycles. The van der Waals surface area contributed by atoms with Gasteiger partial charge in [0.2, 0.25) is 5.91 Å². The first-order chi connectivity index (χ1) is 8.63. The smallest absolute Gasteiger partial charge is 0.233 e. The number of carbonyl (C=O) groups is 1. The van der Waals surface area contributed by atoms with E-state index in [4.69, 9.17) is 11.6 Å². The monoisotopic (exact) mass is 268 g/mol. The van der Waals surface area contributed by atoms with Gasteiger partial charge < -0.3 is 10.6 Å². The first-order valence-electron chi connectivity index (χ1n) is 6.39. The van der Waals surface area contributed by atoms with Crippen molar-refractivity contribution in [1.29, 1.82) is 0 Å². The number of nitrogens with one attached hydrogen (secondary N) is 2. The zero-order valence-electron chi connectivity index (χ0n) is 11.0. The fraction of sp³-hybridized carbons (Fsp3) is 0.500. The summed E-state index contributed by atoms with van der Waals surface area (Å²) in [6, 6.07) is 7.78. The van der Waals surface area contributed by atoms with Crippen LogP contribution in [0.25, 0.3) is 0 Å². The van der Waals surface area contributed by atoms with E-state index >= 15 is 0 Å². The molecule has 18 heavy (non-hydrogen) atoms. The van der Waals surface area contributed by atoms with Gasteiger partial charge in [-0.2, -0.15) is 0 Å². The standard InChI is InChI=1S/C14H21ClN2O/c1-3-4-8-16-14(18)10-17-11(2)12-6-5-7-13(15)9-12/h5-7,9,11,17H,3-4,8,10H2,1-2H3,(H,16,18)/t11-/m1/s1. The SMILES string of the molecule is CCCCNC(=O)CN[C@H](C)c1cccc(Cl)c1. The number of hydrogen-bond donors (Lipinski definition) is 2. The maximum atomic E-state index is 11.5. The van der Waals surface area contributed by atoms with E-state index in [1.165, 1.54) is 0 Å². The van der Waals surface area contributed by atoms with Crippen LogP contribution in [0.4, 0.5) is 0 Å². The first-order valence-corrected chi connectivity index (χ1v) is 6.76. The van der Waals surface area contributed by atoms with Gasteiger partial charge in [0.1, 0.15) is 0 Å². The van der Waals surface area contributed by atoms with E-state index in [1.54, 1.807) is 0 Å². The molecule has 0 bridgehead atoms. The molecule has 0 aliphatic rings. The topological polar surface area (TPSA) is 41.1 Å². The lowest BCUT2D eigenvalue weighted by atomic mass is 10.1. The molecule has 3 nitrogen and oxygen atoms in total. The third-order valence-corrected chi connectivity index (χ3v) is 3.01. The predicted octanol–water partition coefficient (Wildman–Crippen LogP) is 2.91. The molecule has 1 atom stereocenters. The third kappa shape index (κ3) is 5.52. The Hall–Kier alpha value is -1.06. The van der Waals surface area contributed by atoms with Crippen LogP contribution in [0, 0.1) is 0 Å². The summed E-state index contributed by atoms with van der Waals surface area (Å²) in [7, 11) is 0. The lowest BCUT2D eigenvalue weighted by molar-refractivity contribution is -0.120. The summed E-state index contributed by atoms with van der Waals surface area (Å²) in [6.45, 7) is 5.20. The normalized spacial score (nSPS) is 12.2. The lowest BCUT2D eigenvalue weighted by Gasteiger charge is -2.14. The van der Waals surface area contributed by atoms with E-state index in [0.717, 1.165) is 24.9 Å². The fourth-order valence-electron chi connectivity index (χ4n) is 1.61. The molecule has 1 aromatic carbocycles. The fourth-order valence-corrected chi connectivity index (χ4v) is 1.81. The van der Waals surface area contributed by atoms with Crippen LogP contribution in [0.3, 0.4) is 0 Å². The Morgan fingerprint density at radius 3 is 2.89 bits per heavy atom. The Labute approximate surface area is 114 Å². The highest BCUT2D eigenvalue weighted by Gasteiger charge is 2.07. The number of hydrogen-bond acceptors (Lipinski definition) is 2. The van der Waals surface area contributed by atoms with Crippen LogP contribution in [0.5, 0.6) is 0 Å².